The number of aryl methyl sites for hydroxylation is 2. The van der Waals surface area contributed by atoms with E-state index in [4.69, 9.17) is 18.7 Å². The molecular formula is C26H30N2O5. The van der Waals surface area contributed by atoms with Crippen molar-refractivity contribution < 1.29 is 23.5 Å². The van der Waals surface area contributed by atoms with E-state index in [0.717, 1.165) is 53.3 Å². The van der Waals surface area contributed by atoms with Gasteiger partial charge in [-0.3, -0.25) is 4.79 Å². The van der Waals surface area contributed by atoms with Gasteiger partial charge in [-0.25, -0.2) is 0 Å². The minimum atomic E-state index is 0.0509. The zero-order valence-corrected chi connectivity index (χ0v) is 19.6. The Morgan fingerprint density at radius 1 is 1.09 bits per heavy atom. The van der Waals surface area contributed by atoms with Crippen molar-refractivity contribution >= 4 is 5.91 Å². The molecule has 2 heterocycles. The fourth-order valence-corrected chi connectivity index (χ4v) is 4.32. The Morgan fingerprint density at radius 3 is 2.52 bits per heavy atom. The van der Waals surface area contributed by atoms with Crippen molar-refractivity contribution in [3.05, 3.63) is 70.6 Å². The molecule has 1 saturated heterocycles. The van der Waals surface area contributed by atoms with Crippen molar-refractivity contribution in [3.63, 3.8) is 0 Å². The van der Waals surface area contributed by atoms with Crippen molar-refractivity contribution in [3.8, 4) is 17.2 Å². The first-order valence-corrected chi connectivity index (χ1v) is 11.1. The topological polar surface area (TPSA) is 74.0 Å². The van der Waals surface area contributed by atoms with Gasteiger partial charge in [-0.05, 0) is 62.1 Å². The molecule has 4 rings (SSSR count). The van der Waals surface area contributed by atoms with Crippen LogP contribution in [0.1, 0.15) is 47.0 Å². The molecule has 0 spiro atoms. The number of hydrogen-bond acceptors (Lipinski definition) is 6. The summed E-state index contributed by atoms with van der Waals surface area (Å²) in [5, 5.41) is 3.95. The van der Waals surface area contributed by atoms with Gasteiger partial charge in [0.2, 0.25) is 5.91 Å². The Kier molecular flexibility index (Phi) is 6.87. The maximum absolute atomic E-state index is 13.1. The lowest BCUT2D eigenvalue weighted by atomic mass is 10.0. The van der Waals surface area contributed by atoms with Gasteiger partial charge in [0.25, 0.3) is 0 Å². The molecule has 3 aromatic rings. The largest absolute Gasteiger partial charge is 0.493 e. The Balaban J connectivity index is 1.39. The van der Waals surface area contributed by atoms with Crippen molar-refractivity contribution in [2.45, 2.75) is 45.8 Å². The molecule has 1 unspecified atom stereocenters. The third kappa shape index (κ3) is 4.97. The molecule has 0 N–H and O–H groups in total. The highest BCUT2D eigenvalue weighted by Crippen LogP contribution is 2.37. The second-order valence-corrected chi connectivity index (χ2v) is 8.27. The highest BCUT2D eigenvalue weighted by molar-refractivity contribution is 5.79. The van der Waals surface area contributed by atoms with Crippen LogP contribution in [0.2, 0.25) is 0 Å². The predicted octanol–water partition coefficient (Wildman–Crippen LogP) is 4.79. The van der Waals surface area contributed by atoms with E-state index in [0.29, 0.717) is 24.5 Å². The normalized spacial score (nSPS) is 15.5. The summed E-state index contributed by atoms with van der Waals surface area (Å²) in [6.45, 7) is 4.94. The number of hydrogen-bond donors (Lipinski definition) is 0. The molecule has 174 valence electrons. The van der Waals surface area contributed by atoms with Gasteiger partial charge >= 0.3 is 0 Å². The van der Waals surface area contributed by atoms with E-state index in [1.807, 2.05) is 61.2 Å². The number of ether oxygens (including phenoxy) is 3. The predicted molar refractivity (Wildman–Crippen MR) is 124 cm³/mol. The summed E-state index contributed by atoms with van der Waals surface area (Å²) in [6.07, 6.45) is 2.28. The minimum Gasteiger partial charge on any atom is -0.493 e. The van der Waals surface area contributed by atoms with Crippen LogP contribution in [0.5, 0.6) is 17.2 Å². The number of aromatic nitrogens is 1. The van der Waals surface area contributed by atoms with Gasteiger partial charge in [0.05, 0.1) is 37.9 Å². The van der Waals surface area contributed by atoms with Crippen LogP contribution in [0.15, 0.2) is 47.0 Å². The van der Waals surface area contributed by atoms with Crippen molar-refractivity contribution in [1.82, 2.24) is 10.1 Å². The van der Waals surface area contributed by atoms with Gasteiger partial charge in [-0.1, -0.05) is 23.4 Å². The summed E-state index contributed by atoms with van der Waals surface area (Å²) in [5.74, 6) is 3.01. The molecule has 1 amide bonds. The molecule has 7 nitrogen and oxygen atoms in total. The zero-order chi connectivity index (χ0) is 23.4. The second kappa shape index (κ2) is 9.98. The summed E-state index contributed by atoms with van der Waals surface area (Å²) < 4.78 is 21.8. The molecule has 0 aliphatic carbocycles. The van der Waals surface area contributed by atoms with Crippen molar-refractivity contribution in [1.29, 1.82) is 0 Å². The molecule has 7 heteroatoms. The maximum Gasteiger partial charge on any atom is 0.227 e. The van der Waals surface area contributed by atoms with Crippen LogP contribution in [0.4, 0.5) is 0 Å². The lowest BCUT2D eigenvalue weighted by Gasteiger charge is -2.26. The number of nitrogens with zero attached hydrogens (tertiary/aromatic N) is 2. The van der Waals surface area contributed by atoms with Gasteiger partial charge in [-0.15, -0.1) is 0 Å². The van der Waals surface area contributed by atoms with E-state index in [2.05, 4.69) is 5.16 Å². The van der Waals surface area contributed by atoms with E-state index in [-0.39, 0.29) is 11.9 Å². The molecule has 33 heavy (non-hydrogen) atoms. The van der Waals surface area contributed by atoms with E-state index in [9.17, 15) is 4.79 Å². The summed E-state index contributed by atoms with van der Waals surface area (Å²) >= 11 is 0. The first kappa shape index (κ1) is 22.7. The SMILES string of the molecule is COc1ccc(C2CCCN2C(=O)Cc2ccc(OCc3c(C)noc3C)cc2)cc1OC. The molecule has 0 saturated carbocycles. The third-order valence-electron chi connectivity index (χ3n) is 6.21. The first-order chi connectivity index (χ1) is 16.0. The summed E-state index contributed by atoms with van der Waals surface area (Å²) in [4.78, 5) is 15.1. The number of carbonyl (C=O) groups excluding carboxylic acids is 1. The lowest BCUT2D eigenvalue weighted by molar-refractivity contribution is -0.131. The number of rotatable bonds is 8. The molecule has 1 fully saturated rings. The fourth-order valence-electron chi connectivity index (χ4n) is 4.32. The number of likely N-dealkylation sites (tertiary alicyclic amines) is 1. The Morgan fingerprint density at radius 2 is 1.85 bits per heavy atom. The highest BCUT2D eigenvalue weighted by atomic mass is 16.5. The van der Waals surface area contributed by atoms with E-state index >= 15 is 0 Å². The van der Waals surface area contributed by atoms with Crippen LogP contribution in [0, 0.1) is 13.8 Å². The summed E-state index contributed by atoms with van der Waals surface area (Å²) in [5.41, 5.74) is 3.83. The van der Waals surface area contributed by atoms with E-state index in [1.165, 1.54) is 0 Å². The molecule has 2 aromatic carbocycles. The van der Waals surface area contributed by atoms with Gasteiger partial charge < -0.3 is 23.6 Å². The van der Waals surface area contributed by atoms with Crippen LogP contribution in [-0.4, -0.2) is 36.7 Å². The van der Waals surface area contributed by atoms with Crippen LogP contribution >= 0.6 is 0 Å². The monoisotopic (exact) mass is 450 g/mol. The Hall–Kier alpha value is -3.48. The van der Waals surface area contributed by atoms with Crippen LogP contribution in [0.25, 0.3) is 0 Å². The molecule has 1 aromatic heterocycles. The maximum atomic E-state index is 13.1. The van der Waals surface area contributed by atoms with Crippen LogP contribution in [0.3, 0.4) is 0 Å². The fraction of sp³-hybridized carbons (Fsp3) is 0.385. The Bertz CT molecular complexity index is 1090. The molecule has 1 aliphatic rings. The van der Waals surface area contributed by atoms with Crippen LogP contribution < -0.4 is 14.2 Å². The molecule has 1 aliphatic heterocycles. The Labute approximate surface area is 194 Å². The number of benzene rings is 2. The van der Waals surface area contributed by atoms with Crippen molar-refractivity contribution in [2.75, 3.05) is 20.8 Å². The lowest BCUT2D eigenvalue weighted by Crippen LogP contribution is -2.31. The van der Waals surface area contributed by atoms with Gasteiger partial charge in [-0.2, -0.15) is 0 Å². The number of methoxy groups -OCH3 is 2. The number of amides is 1. The summed E-state index contributed by atoms with van der Waals surface area (Å²) in [6, 6.07) is 13.6. The number of carbonyl (C=O) groups is 1. The van der Waals surface area contributed by atoms with Crippen LogP contribution in [-0.2, 0) is 17.8 Å². The molecule has 0 radical (unpaired) electrons. The zero-order valence-electron chi connectivity index (χ0n) is 19.6. The first-order valence-electron chi connectivity index (χ1n) is 11.1. The minimum absolute atomic E-state index is 0.0509. The van der Waals surface area contributed by atoms with Gasteiger partial charge in [0, 0.05) is 6.54 Å². The van der Waals surface area contributed by atoms with Gasteiger partial charge in [0.15, 0.2) is 11.5 Å². The quantitative estimate of drug-likeness (QED) is 0.491. The second-order valence-electron chi connectivity index (χ2n) is 8.27. The molecule has 1 atom stereocenters. The third-order valence-corrected chi connectivity index (χ3v) is 6.21. The average molecular weight is 451 g/mol. The molecule has 0 bridgehead atoms. The van der Waals surface area contributed by atoms with E-state index in [1.54, 1.807) is 14.2 Å². The van der Waals surface area contributed by atoms with Gasteiger partial charge in [0.1, 0.15) is 18.1 Å². The average Bonchev–Trinajstić information content (AvgIpc) is 3.45. The summed E-state index contributed by atoms with van der Waals surface area (Å²) in [7, 11) is 3.25. The van der Waals surface area contributed by atoms with E-state index < -0.39 is 0 Å². The smallest absolute Gasteiger partial charge is 0.227 e. The standard InChI is InChI=1S/C26H30N2O5/c1-17-22(18(2)33-27-17)16-32-21-10-7-19(8-11-21)14-26(29)28-13-5-6-23(28)20-9-12-24(30-3)25(15-20)31-4/h7-12,15,23H,5-6,13-14,16H2,1-4H3. The van der Waals surface area contributed by atoms with Crippen molar-refractivity contribution in [2.24, 2.45) is 0 Å². The molecular weight excluding hydrogens is 420 g/mol. The highest BCUT2D eigenvalue weighted by Gasteiger charge is 2.30.